The molecule has 1 aromatic carbocycles. The molecule has 1 aliphatic rings. The van der Waals surface area contributed by atoms with Crippen molar-refractivity contribution >= 4 is 5.96 Å². The highest BCUT2D eigenvalue weighted by Gasteiger charge is 2.18. The first-order valence-corrected chi connectivity index (χ1v) is 8.31. The van der Waals surface area contributed by atoms with Crippen LogP contribution in [0.3, 0.4) is 0 Å². The number of likely N-dealkylation sites (tertiary alicyclic amines) is 1. The molecule has 1 aromatic rings. The third-order valence-corrected chi connectivity index (χ3v) is 4.49. The van der Waals surface area contributed by atoms with E-state index in [1.807, 2.05) is 0 Å². The molecule has 4 heteroatoms. The van der Waals surface area contributed by atoms with Gasteiger partial charge in [-0.1, -0.05) is 37.3 Å². The molecule has 1 heterocycles. The number of aliphatic imine (C=N–C) groups is 1. The topological polar surface area (TPSA) is 44.9 Å². The Labute approximate surface area is 135 Å². The van der Waals surface area contributed by atoms with E-state index < -0.39 is 0 Å². The van der Waals surface area contributed by atoms with Gasteiger partial charge in [-0.25, -0.2) is 0 Å². The molecule has 122 valence electrons. The van der Waals surface area contributed by atoms with E-state index in [1.54, 1.807) is 0 Å². The molecule has 1 fully saturated rings. The van der Waals surface area contributed by atoms with E-state index >= 15 is 0 Å². The van der Waals surface area contributed by atoms with Crippen LogP contribution in [-0.2, 0) is 6.42 Å². The van der Waals surface area contributed by atoms with Gasteiger partial charge >= 0.3 is 0 Å². The van der Waals surface area contributed by atoms with Crippen LogP contribution in [0.25, 0.3) is 0 Å². The summed E-state index contributed by atoms with van der Waals surface area (Å²) in [6.45, 7) is 5.13. The summed E-state index contributed by atoms with van der Waals surface area (Å²) in [6.07, 6.45) is 3.53. The molecule has 0 bridgehead atoms. The minimum atomic E-state index is 0.378. The second kappa shape index (κ2) is 8.18. The smallest absolute Gasteiger partial charge is 0.191 e. The summed E-state index contributed by atoms with van der Waals surface area (Å²) in [6, 6.07) is 11.0. The molecule has 0 spiro atoms. The zero-order chi connectivity index (χ0) is 15.9. The zero-order valence-corrected chi connectivity index (χ0v) is 14.2. The molecule has 22 heavy (non-hydrogen) atoms. The van der Waals surface area contributed by atoms with Crippen LogP contribution in [0.1, 0.15) is 25.3 Å². The molecule has 2 atom stereocenters. The lowest BCUT2D eigenvalue weighted by atomic mass is 10.0. The predicted molar refractivity (Wildman–Crippen MR) is 94.1 cm³/mol. The SMILES string of the molecule is CC1CCCN(C(N)=NCC(Cc2ccccc2)N(C)C)C1. The molecule has 0 aliphatic carbocycles. The highest BCUT2D eigenvalue weighted by molar-refractivity contribution is 5.78. The summed E-state index contributed by atoms with van der Waals surface area (Å²) in [4.78, 5) is 9.16. The maximum absolute atomic E-state index is 6.21. The van der Waals surface area contributed by atoms with Crippen LogP contribution < -0.4 is 5.73 Å². The fourth-order valence-electron chi connectivity index (χ4n) is 2.99. The number of likely N-dealkylation sites (N-methyl/N-ethyl adjacent to an activating group) is 1. The van der Waals surface area contributed by atoms with Crippen LogP contribution in [0.2, 0.25) is 0 Å². The summed E-state index contributed by atoms with van der Waals surface area (Å²) < 4.78 is 0. The van der Waals surface area contributed by atoms with Crippen molar-refractivity contribution in [3.63, 3.8) is 0 Å². The molecule has 2 N–H and O–H groups in total. The van der Waals surface area contributed by atoms with Crippen molar-refractivity contribution in [3.05, 3.63) is 35.9 Å². The van der Waals surface area contributed by atoms with Crippen molar-refractivity contribution in [2.24, 2.45) is 16.6 Å². The van der Waals surface area contributed by atoms with Crippen LogP contribution in [0.5, 0.6) is 0 Å². The van der Waals surface area contributed by atoms with Crippen LogP contribution in [0, 0.1) is 5.92 Å². The molecule has 1 aliphatic heterocycles. The van der Waals surface area contributed by atoms with Gasteiger partial charge in [0.2, 0.25) is 0 Å². The third-order valence-electron chi connectivity index (χ3n) is 4.49. The van der Waals surface area contributed by atoms with Crippen molar-refractivity contribution in [1.29, 1.82) is 0 Å². The minimum absolute atomic E-state index is 0.378. The highest BCUT2D eigenvalue weighted by atomic mass is 15.3. The van der Waals surface area contributed by atoms with Gasteiger partial charge in [0.05, 0.1) is 6.54 Å². The van der Waals surface area contributed by atoms with Crippen molar-refractivity contribution in [3.8, 4) is 0 Å². The lowest BCUT2D eigenvalue weighted by Crippen LogP contribution is -2.44. The van der Waals surface area contributed by atoms with Gasteiger partial charge in [0, 0.05) is 19.1 Å². The molecule has 2 unspecified atom stereocenters. The van der Waals surface area contributed by atoms with Crippen molar-refractivity contribution in [2.75, 3.05) is 33.7 Å². The average Bonchev–Trinajstić information content (AvgIpc) is 2.51. The van der Waals surface area contributed by atoms with E-state index in [1.165, 1.54) is 18.4 Å². The van der Waals surface area contributed by atoms with Gasteiger partial charge in [0.1, 0.15) is 0 Å². The number of nitrogens with zero attached hydrogens (tertiary/aromatic N) is 3. The standard InChI is InChI=1S/C18H30N4/c1-15-8-7-11-22(14-15)18(19)20-13-17(21(2)3)12-16-9-5-4-6-10-16/h4-6,9-10,15,17H,7-8,11-14H2,1-3H3,(H2,19,20). The lowest BCUT2D eigenvalue weighted by molar-refractivity contribution is 0.266. The van der Waals surface area contributed by atoms with E-state index in [2.05, 4.69) is 66.1 Å². The van der Waals surface area contributed by atoms with Gasteiger partial charge in [-0.2, -0.15) is 0 Å². The van der Waals surface area contributed by atoms with Gasteiger partial charge in [-0.3, -0.25) is 4.99 Å². The normalized spacial score (nSPS) is 21.2. The molecule has 0 amide bonds. The molecular weight excluding hydrogens is 272 g/mol. The van der Waals surface area contributed by atoms with Gasteiger partial charge < -0.3 is 15.5 Å². The predicted octanol–water partition coefficient (Wildman–Crippen LogP) is 2.21. The van der Waals surface area contributed by atoms with Crippen molar-refractivity contribution in [1.82, 2.24) is 9.80 Å². The molecular formula is C18H30N4. The maximum Gasteiger partial charge on any atom is 0.191 e. The molecule has 4 nitrogen and oxygen atoms in total. The Hall–Kier alpha value is -1.55. The quantitative estimate of drug-likeness (QED) is 0.670. The van der Waals surface area contributed by atoms with Crippen molar-refractivity contribution in [2.45, 2.75) is 32.2 Å². The van der Waals surface area contributed by atoms with Gasteiger partial charge in [-0.15, -0.1) is 0 Å². The zero-order valence-electron chi connectivity index (χ0n) is 14.2. The molecule has 0 aromatic heterocycles. The van der Waals surface area contributed by atoms with E-state index in [0.717, 1.165) is 32.0 Å². The number of benzene rings is 1. The van der Waals surface area contributed by atoms with Gasteiger partial charge in [0.25, 0.3) is 0 Å². The molecule has 1 saturated heterocycles. The van der Waals surface area contributed by atoms with E-state index in [0.29, 0.717) is 12.0 Å². The number of guanidine groups is 1. The van der Waals surface area contributed by atoms with Crippen LogP contribution >= 0.6 is 0 Å². The van der Waals surface area contributed by atoms with E-state index in [-0.39, 0.29) is 0 Å². The summed E-state index contributed by atoms with van der Waals surface area (Å²) in [5.74, 6) is 1.43. The minimum Gasteiger partial charge on any atom is -0.370 e. The number of hydrogen-bond acceptors (Lipinski definition) is 2. The van der Waals surface area contributed by atoms with Crippen LogP contribution in [-0.4, -0.2) is 55.5 Å². The summed E-state index contributed by atoms with van der Waals surface area (Å²) in [5, 5.41) is 0. The van der Waals surface area contributed by atoms with Crippen LogP contribution in [0.4, 0.5) is 0 Å². The Bertz CT molecular complexity index is 469. The first-order valence-electron chi connectivity index (χ1n) is 8.31. The second-order valence-electron chi connectivity index (χ2n) is 6.70. The van der Waals surface area contributed by atoms with Crippen LogP contribution in [0.15, 0.2) is 35.3 Å². The Morgan fingerprint density at radius 1 is 1.36 bits per heavy atom. The summed E-state index contributed by atoms with van der Waals surface area (Å²) in [7, 11) is 4.23. The Morgan fingerprint density at radius 2 is 2.09 bits per heavy atom. The Morgan fingerprint density at radius 3 is 2.73 bits per heavy atom. The lowest BCUT2D eigenvalue weighted by Gasteiger charge is -2.32. The van der Waals surface area contributed by atoms with Crippen molar-refractivity contribution < 1.29 is 0 Å². The average molecular weight is 302 g/mol. The Balaban J connectivity index is 1.94. The Kier molecular flexibility index (Phi) is 6.25. The monoisotopic (exact) mass is 302 g/mol. The summed E-state index contributed by atoms with van der Waals surface area (Å²) in [5.41, 5.74) is 7.56. The highest BCUT2D eigenvalue weighted by Crippen LogP contribution is 2.15. The van der Waals surface area contributed by atoms with E-state index in [4.69, 9.17) is 5.73 Å². The first kappa shape index (κ1) is 16.8. The largest absolute Gasteiger partial charge is 0.370 e. The second-order valence-corrected chi connectivity index (χ2v) is 6.70. The van der Waals surface area contributed by atoms with Gasteiger partial charge in [0.15, 0.2) is 5.96 Å². The third kappa shape index (κ3) is 5.02. The van der Waals surface area contributed by atoms with Gasteiger partial charge in [-0.05, 0) is 44.8 Å². The molecule has 0 radical (unpaired) electrons. The molecule has 0 saturated carbocycles. The number of piperidine rings is 1. The molecule has 2 rings (SSSR count). The fraction of sp³-hybridized carbons (Fsp3) is 0.611. The van der Waals surface area contributed by atoms with E-state index in [9.17, 15) is 0 Å². The number of nitrogens with two attached hydrogens (primary N) is 1. The fourth-order valence-corrected chi connectivity index (χ4v) is 2.99. The number of rotatable bonds is 5. The first-order chi connectivity index (χ1) is 10.6. The maximum atomic E-state index is 6.21. The number of hydrogen-bond donors (Lipinski definition) is 1. The summed E-state index contributed by atoms with van der Waals surface area (Å²) >= 11 is 0.